The first-order valence-corrected chi connectivity index (χ1v) is 8.10. The van der Waals surface area contributed by atoms with Gasteiger partial charge < -0.3 is 10.5 Å². The van der Waals surface area contributed by atoms with Gasteiger partial charge in [0, 0.05) is 19.3 Å². The number of anilines is 1. The van der Waals surface area contributed by atoms with Crippen LogP contribution in [0.15, 0.2) is 23.1 Å². The molecule has 0 aromatic heterocycles. The second kappa shape index (κ2) is 6.91. The van der Waals surface area contributed by atoms with Crippen molar-refractivity contribution in [2.75, 3.05) is 26.4 Å². The Bertz CT molecular complexity index is 613. The van der Waals surface area contributed by atoms with Gasteiger partial charge in [-0.05, 0) is 24.1 Å². The number of carbonyl (C=O) groups is 1. The van der Waals surface area contributed by atoms with Crippen molar-refractivity contribution in [1.29, 1.82) is 0 Å². The minimum Gasteiger partial charge on any atom is -0.469 e. The molecule has 1 aromatic rings. The van der Waals surface area contributed by atoms with E-state index in [4.69, 9.17) is 5.73 Å². The number of aryl methyl sites for hydroxylation is 1. The molecule has 0 radical (unpaired) electrons. The van der Waals surface area contributed by atoms with E-state index in [1.54, 1.807) is 13.0 Å². The monoisotopic (exact) mass is 314 g/mol. The zero-order chi connectivity index (χ0) is 16.2. The number of ether oxygens (including phenoxy) is 1. The number of methoxy groups -OCH3 is 1. The molecule has 0 bridgehead atoms. The van der Waals surface area contributed by atoms with Crippen molar-refractivity contribution in [2.24, 2.45) is 5.92 Å². The summed E-state index contributed by atoms with van der Waals surface area (Å²) in [7, 11) is -0.973. The van der Waals surface area contributed by atoms with Crippen molar-refractivity contribution in [3.05, 3.63) is 23.8 Å². The van der Waals surface area contributed by atoms with E-state index < -0.39 is 21.9 Å². The molecule has 1 aromatic carbocycles. The minimum atomic E-state index is -3.68. The summed E-state index contributed by atoms with van der Waals surface area (Å²) in [5, 5.41) is 0. The zero-order valence-corrected chi connectivity index (χ0v) is 13.6. The van der Waals surface area contributed by atoms with Crippen molar-refractivity contribution in [2.45, 2.75) is 25.2 Å². The Kier molecular flexibility index (Phi) is 5.74. The quantitative estimate of drug-likeness (QED) is 0.630. The third-order valence-electron chi connectivity index (χ3n) is 3.34. The summed E-state index contributed by atoms with van der Waals surface area (Å²) in [4.78, 5) is 11.5. The molecule has 118 valence electrons. The molecule has 6 nitrogen and oxygen atoms in total. The van der Waals surface area contributed by atoms with Gasteiger partial charge >= 0.3 is 5.97 Å². The van der Waals surface area contributed by atoms with Gasteiger partial charge in [0.05, 0.1) is 17.9 Å². The van der Waals surface area contributed by atoms with Crippen LogP contribution in [0.5, 0.6) is 0 Å². The second-order valence-electron chi connectivity index (χ2n) is 4.92. The van der Waals surface area contributed by atoms with Crippen LogP contribution in [0, 0.1) is 5.92 Å². The van der Waals surface area contributed by atoms with Crippen LogP contribution in [0.4, 0.5) is 5.69 Å². The lowest BCUT2D eigenvalue weighted by Crippen LogP contribution is -2.34. The van der Waals surface area contributed by atoms with E-state index in [2.05, 4.69) is 4.74 Å². The largest absolute Gasteiger partial charge is 0.469 e. The lowest BCUT2D eigenvalue weighted by atomic mass is 10.1. The van der Waals surface area contributed by atoms with Crippen LogP contribution in [0.25, 0.3) is 0 Å². The average molecular weight is 314 g/mol. The van der Waals surface area contributed by atoms with Gasteiger partial charge in [-0.1, -0.05) is 19.9 Å². The summed E-state index contributed by atoms with van der Waals surface area (Å²) in [6, 6.07) is 4.69. The normalized spacial score (nSPS) is 13.2. The van der Waals surface area contributed by atoms with Gasteiger partial charge in [-0.15, -0.1) is 0 Å². The maximum atomic E-state index is 12.4. The molecule has 0 amide bonds. The maximum absolute atomic E-state index is 12.4. The molecule has 0 aliphatic heterocycles. The highest BCUT2D eigenvalue weighted by Gasteiger charge is 2.25. The molecule has 0 saturated carbocycles. The lowest BCUT2D eigenvalue weighted by molar-refractivity contribution is -0.144. The van der Waals surface area contributed by atoms with Crippen LogP contribution in [-0.4, -0.2) is 39.4 Å². The van der Waals surface area contributed by atoms with Gasteiger partial charge in [0.2, 0.25) is 10.0 Å². The third-order valence-corrected chi connectivity index (χ3v) is 5.16. The fourth-order valence-corrected chi connectivity index (χ4v) is 3.29. The molecule has 1 rings (SSSR count). The number of sulfonamides is 1. The molecule has 1 atom stereocenters. The van der Waals surface area contributed by atoms with Crippen molar-refractivity contribution >= 4 is 21.7 Å². The van der Waals surface area contributed by atoms with E-state index in [9.17, 15) is 13.2 Å². The first-order chi connectivity index (χ1) is 9.73. The van der Waals surface area contributed by atoms with Crippen LogP contribution in [0.1, 0.15) is 19.4 Å². The molecule has 0 saturated heterocycles. The Balaban J connectivity index is 2.99. The highest BCUT2D eigenvalue weighted by molar-refractivity contribution is 7.89. The standard InChI is InChI=1S/C14H22N2O4S/c1-5-11-6-7-12(8-13(11)15)21(18,19)16(3)9-10(2)14(17)20-4/h6-8,10H,5,9,15H2,1-4H3. The van der Waals surface area contributed by atoms with Gasteiger partial charge in [0.1, 0.15) is 0 Å². The number of carbonyl (C=O) groups excluding carboxylic acids is 1. The average Bonchev–Trinajstić information content (AvgIpc) is 2.45. The SMILES string of the molecule is CCc1ccc(S(=O)(=O)N(C)CC(C)C(=O)OC)cc1N. The van der Waals surface area contributed by atoms with Gasteiger partial charge in [-0.2, -0.15) is 0 Å². The van der Waals surface area contributed by atoms with Crippen molar-refractivity contribution in [1.82, 2.24) is 4.31 Å². The molecule has 2 N–H and O–H groups in total. The van der Waals surface area contributed by atoms with Crippen LogP contribution in [0.3, 0.4) is 0 Å². The Morgan fingerprint density at radius 1 is 1.43 bits per heavy atom. The second-order valence-corrected chi connectivity index (χ2v) is 6.97. The molecule has 0 fully saturated rings. The van der Waals surface area contributed by atoms with Crippen LogP contribution < -0.4 is 5.73 Å². The summed E-state index contributed by atoms with van der Waals surface area (Å²) >= 11 is 0. The Morgan fingerprint density at radius 3 is 2.52 bits per heavy atom. The predicted molar refractivity (Wildman–Crippen MR) is 81.2 cm³/mol. The van der Waals surface area contributed by atoms with Crippen molar-refractivity contribution in [3.8, 4) is 0 Å². The van der Waals surface area contributed by atoms with E-state index in [0.717, 1.165) is 16.3 Å². The molecular weight excluding hydrogens is 292 g/mol. The fourth-order valence-electron chi connectivity index (χ4n) is 1.99. The maximum Gasteiger partial charge on any atom is 0.309 e. The molecule has 0 spiro atoms. The van der Waals surface area contributed by atoms with E-state index in [0.29, 0.717) is 5.69 Å². The van der Waals surface area contributed by atoms with Crippen molar-refractivity contribution < 1.29 is 17.9 Å². The molecule has 0 aliphatic carbocycles. The molecule has 21 heavy (non-hydrogen) atoms. The molecule has 7 heteroatoms. The zero-order valence-electron chi connectivity index (χ0n) is 12.8. The lowest BCUT2D eigenvalue weighted by Gasteiger charge is -2.20. The van der Waals surface area contributed by atoms with Gasteiger partial charge in [-0.25, -0.2) is 12.7 Å². The van der Waals surface area contributed by atoms with E-state index >= 15 is 0 Å². The fraction of sp³-hybridized carbons (Fsp3) is 0.500. The smallest absolute Gasteiger partial charge is 0.309 e. The Labute approximate surface area is 125 Å². The van der Waals surface area contributed by atoms with Gasteiger partial charge in [0.25, 0.3) is 0 Å². The number of esters is 1. The number of nitrogen functional groups attached to an aromatic ring is 1. The first-order valence-electron chi connectivity index (χ1n) is 6.66. The highest BCUT2D eigenvalue weighted by atomic mass is 32.2. The number of hydrogen-bond donors (Lipinski definition) is 1. The predicted octanol–water partition coefficient (Wildman–Crippen LogP) is 1.26. The molecule has 0 heterocycles. The van der Waals surface area contributed by atoms with Gasteiger partial charge in [-0.3, -0.25) is 4.79 Å². The molecule has 0 aliphatic rings. The van der Waals surface area contributed by atoms with Crippen LogP contribution in [0.2, 0.25) is 0 Å². The Morgan fingerprint density at radius 2 is 2.05 bits per heavy atom. The van der Waals surface area contributed by atoms with E-state index in [-0.39, 0.29) is 11.4 Å². The minimum absolute atomic E-state index is 0.0461. The van der Waals surface area contributed by atoms with Crippen LogP contribution in [-0.2, 0) is 26.0 Å². The summed E-state index contributed by atoms with van der Waals surface area (Å²) < 4.78 is 30.6. The van der Waals surface area contributed by atoms with Crippen molar-refractivity contribution in [3.63, 3.8) is 0 Å². The number of nitrogens with two attached hydrogens (primary N) is 1. The van der Waals surface area contributed by atoms with E-state index in [1.165, 1.54) is 26.3 Å². The number of rotatable bonds is 6. The Hall–Kier alpha value is -1.60. The van der Waals surface area contributed by atoms with Gasteiger partial charge in [0.15, 0.2) is 0 Å². The summed E-state index contributed by atoms with van der Waals surface area (Å²) in [6.45, 7) is 3.61. The first kappa shape index (κ1) is 17.5. The van der Waals surface area contributed by atoms with E-state index in [1.807, 2.05) is 6.92 Å². The highest BCUT2D eigenvalue weighted by Crippen LogP contribution is 2.21. The third kappa shape index (κ3) is 3.95. The molecular formula is C14H22N2O4S. The van der Waals surface area contributed by atoms with Crippen LogP contribution >= 0.6 is 0 Å². The summed E-state index contributed by atoms with van der Waals surface area (Å²) in [5.41, 5.74) is 7.20. The number of hydrogen-bond acceptors (Lipinski definition) is 5. The summed E-state index contributed by atoms with van der Waals surface area (Å²) in [5.74, 6) is -0.986. The number of benzene rings is 1. The molecule has 1 unspecified atom stereocenters. The summed E-state index contributed by atoms with van der Waals surface area (Å²) in [6.07, 6.45) is 0.737. The topological polar surface area (TPSA) is 89.7 Å². The number of nitrogens with zero attached hydrogens (tertiary/aromatic N) is 1.